The van der Waals surface area contributed by atoms with E-state index in [4.69, 9.17) is 32.7 Å². The third-order valence-corrected chi connectivity index (χ3v) is 5.75. The van der Waals surface area contributed by atoms with Gasteiger partial charge >= 0.3 is 0 Å². The Morgan fingerprint density at radius 3 is 2.34 bits per heavy atom. The van der Waals surface area contributed by atoms with Gasteiger partial charge in [0.05, 0.1) is 7.11 Å². The van der Waals surface area contributed by atoms with Gasteiger partial charge in [-0.3, -0.25) is 9.59 Å². The number of rotatable bonds is 11. The van der Waals surface area contributed by atoms with E-state index in [2.05, 4.69) is 5.32 Å². The standard InChI is InChI=1S/C24H30Cl2N2O4/c1-5-16(3)27-24(30)20(6-2)28(14-17-11-12-18(25)13-19(17)26)23(29)15-32-22-10-8-7-9-21(22)31-4/h7-13,16,20H,5-6,14-15H2,1-4H3,(H,27,30)/t16-,20+/m1/s1. The molecule has 0 heterocycles. The molecule has 1 N–H and O–H groups in total. The summed E-state index contributed by atoms with van der Waals surface area (Å²) in [6, 6.07) is 11.5. The molecule has 0 aromatic heterocycles. The molecule has 0 bridgehead atoms. The van der Waals surface area contributed by atoms with Crippen LogP contribution >= 0.6 is 23.2 Å². The predicted molar refractivity (Wildman–Crippen MR) is 127 cm³/mol. The van der Waals surface area contributed by atoms with Crippen molar-refractivity contribution in [1.82, 2.24) is 10.2 Å². The zero-order valence-corrected chi connectivity index (χ0v) is 20.4. The fourth-order valence-corrected chi connectivity index (χ4v) is 3.62. The van der Waals surface area contributed by atoms with Crippen LogP contribution in [-0.4, -0.2) is 42.5 Å². The molecule has 0 unspecified atom stereocenters. The lowest BCUT2D eigenvalue weighted by molar-refractivity contribution is -0.143. The van der Waals surface area contributed by atoms with Crippen molar-refractivity contribution in [2.24, 2.45) is 0 Å². The molecule has 2 rings (SSSR count). The van der Waals surface area contributed by atoms with Crippen molar-refractivity contribution in [3.63, 3.8) is 0 Å². The lowest BCUT2D eigenvalue weighted by atomic mass is 10.1. The Labute approximate surface area is 199 Å². The van der Waals surface area contributed by atoms with Crippen molar-refractivity contribution < 1.29 is 19.1 Å². The first-order valence-electron chi connectivity index (χ1n) is 10.6. The summed E-state index contributed by atoms with van der Waals surface area (Å²) in [4.78, 5) is 27.7. The highest BCUT2D eigenvalue weighted by Crippen LogP contribution is 2.27. The number of ether oxygens (including phenoxy) is 2. The Bertz CT molecular complexity index is 923. The van der Waals surface area contributed by atoms with E-state index in [9.17, 15) is 9.59 Å². The van der Waals surface area contributed by atoms with E-state index in [0.717, 1.165) is 6.42 Å². The second-order valence-electron chi connectivity index (χ2n) is 7.44. The van der Waals surface area contributed by atoms with Crippen LogP contribution in [0.25, 0.3) is 0 Å². The normalized spacial score (nSPS) is 12.6. The molecule has 2 aromatic rings. The van der Waals surface area contributed by atoms with Gasteiger partial charge in [0, 0.05) is 22.6 Å². The summed E-state index contributed by atoms with van der Waals surface area (Å²) in [6.07, 6.45) is 1.23. The van der Waals surface area contributed by atoms with Crippen molar-refractivity contribution in [1.29, 1.82) is 0 Å². The van der Waals surface area contributed by atoms with Crippen molar-refractivity contribution >= 4 is 35.0 Å². The Hall–Kier alpha value is -2.44. The topological polar surface area (TPSA) is 67.9 Å². The quantitative estimate of drug-likeness (QED) is 0.485. The summed E-state index contributed by atoms with van der Waals surface area (Å²) in [7, 11) is 1.53. The second-order valence-corrected chi connectivity index (χ2v) is 8.28. The fourth-order valence-electron chi connectivity index (χ4n) is 3.15. The molecule has 2 amide bonds. The van der Waals surface area contributed by atoms with Gasteiger partial charge in [-0.1, -0.05) is 55.2 Å². The van der Waals surface area contributed by atoms with Crippen LogP contribution < -0.4 is 14.8 Å². The van der Waals surface area contributed by atoms with Crippen LogP contribution in [0.5, 0.6) is 11.5 Å². The summed E-state index contributed by atoms with van der Waals surface area (Å²) < 4.78 is 11.0. The molecule has 0 aliphatic rings. The minimum atomic E-state index is -0.676. The molecule has 174 valence electrons. The monoisotopic (exact) mass is 480 g/mol. The van der Waals surface area contributed by atoms with E-state index in [1.54, 1.807) is 36.4 Å². The molecule has 0 fully saturated rings. The Kier molecular flexibility index (Phi) is 10.1. The SMILES string of the molecule is CC[C@@H](C)NC(=O)[C@H](CC)N(Cc1ccc(Cl)cc1Cl)C(=O)COc1ccccc1OC. The smallest absolute Gasteiger partial charge is 0.261 e. The highest BCUT2D eigenvalue weighted by molar-refractivity contribution is 6.35. The Balaban J connectivity index is 2.28. The van der Waals surface area contributed by atoms with Gasteiger partial charge in [-0.15, -0.1) is 0 Å². The predicted octanol–water partition coefficient (Wildman–Crippen LogP) is 5.10. The molecule has 6 nitrogen and oxygen atoms in total. The minimum Gasteiger partial charge on any atom is -0.493 e. The summed E-state index contributed by atoms with van der Waals surface area (Å²) in [5, 5.41) is 3.90. The number of para-hydroxylation sites is 2. The van der Waals surface area contributed by atoms with E-state index in [1.807, 2.05) is 26.8 Å². The van der Waals surface area contributed by atoms with Crippen molar-refractivity contribution in [2.75, 3.05) is 13.7 Å². The third-order valence-electron chi connectivity index (χ3n) is 5.16. The van der Waals surface area contributed by atoms with Gasteiger partial charge in [0.25, 0.3) is 5.91 Å². The van der Waals surface area contributed by atoms with E-state index >= 15 is 0 Å². The van der Waals surface area contributed by atoms with Crippen LogP contribution in [0.4, 0.5) is 0 Å². The van der Waals surface area contributed by atoms with Gasteiger partial charge in [0.2, 0.25) is 5.91 Å². The molecule has 2 aromatic carbocycles. The van der Waals surface area contributed by atoms with E-state index < -0.39 is 6.04 Å². The first-order chi connectivity index (χ1) is 15.3. The number of benzene rings is 2. The Morgan fingerprint density at radius 2 is 1.75 bits per heavy atom. The van der Waals surface area contributed by atoms with Gasteiger partial charge in [-0.2, -0.15) is 0 Å². The van der Waals surface area contributed by atoms with Crippen molar-refractivity contribution in [2.45, 2.75) is 52.2 Å². The summed E-state index contributed by atoms with van der Waals surface area (Å²) in [5.74, 6) is 0.421. The number of methoxy groups -OCH3 is 1. The molecular weight excluding hydrogens is 451 g/mol. The number of hydrogen-bond acceptors (Lipinski definition) is 4. The number of halogens is 2. The highest BCUT2D eigenvalue weighted by atomic mass is 35.5. The maximum Gasteiger partial charge on any atom is 0.261 e. The molecule has 0 radical (unpaired) electrons. The van der Waals surface area contributed by atoms with Crippen LogP contribution in [0.3, 0.4) is 0 Å². The molecule has 0 saturated carbocycles. The molecule has 0 saturated heterocycles. The van der Waals surface area contributed by atoms with E-state index in [0.29, 0.717) is 33.5 Å². The number of nitrogens with zero attached hydrogens (tertiary/aromatic N) is 1. The van der Waals surface area contributed by atoms with Gasteiger partial charge in [-0.25, -0.2) is 0 Å². The zero-order chi connectivity index (χ0) is 23.7. The molecule has 0 aliphatic heterocycles. The first kappa shape index (κ1) is 25.8. The van der Waals surface area contributed by atoms with Crippen LogP contribution in [0.15, 0.2) is 42.5 Å². The first-order valence-corrected chi connectivity index (χ1v) is 11.4. The second kappa shape index (κ2) is 12.6. The number of amides is 2. The largest absolute Gasteiger partial charge is 0.493 e. The average molecular weight is 481 g/mol. The maximum absolute atomic E-state index is 13.3. The fraction of sp³-hybridized carbons (Fsp3) is 0.417. The number of carbonyl (C=O) groups is 2. The van der Waals surface area contributed by atoms with E-state index in [1.165, 1.54) is 12.0 Å². The van der Waals surface area contributed by atoms with Crippen LogP contribution in [0.2, 0.25) is 10.0 Å². The lowest BCUT2D eigenvalue weighted by Crippen LogP contribution is -2.51. The molecule has 0 spiro atoms. The minimum absolute atomic E-state index is 0.00236. The number of hydrogen-bond donors (Lipinski definition) is 1. The molecule has 0 aliphatic carbocycles. The van der Waals surface area contributed by atoms with Gasteiger partial charge in [0.1, 0.15) is 6.04 Å². The zero-order valence-electron chi connectivity index (χ0n) is 18.9. The van der Waals surface area contributed by atoms with Crippen LogP contribution in [-0.2, 0) is 16.1 Å². The molecular formula is C24H30Cl2N2O4. The van der Waals surface area contributed by atoms with Crippen molar-refractivity contribution in [3.8, 4) is 11.5 Å². The summed E-state index contributed by atoms with van der Waals surface area (Å²) in [5.41, 5.74) is 0.691. The molecule has 2 atom stereocenters. The third kappa shape index (κ3) is 7.04. The summed E-state index contributed by atoms with van der Waals surface area (Å²) in [6.45, 7) is 5.68. The van der Waals surface area contributed by atoms with E-state index in [-0.39, 0.29) is 31.0 Å². The Morgan fingerprint density at radius 1 is 1.06 bits per heavy atom. The van der Waals surface area contributed by atoms with Gasteiger partial charge < -0.3 is 19.7 Å². The van der Waals surface area contributed by atoms with Crippen LogP contribution in [0, 0.1) is 0 Å². The van der Waals surface area contributed by atoms with Crippen molar-refractivity contribution in [3.05, 3.63) is 58.1 Å². The van der Waals surface area contributed by atoms with Gasteiger partial charge in [-0.05, 0) is 49.6 Å². The number of carbonyl (C=O) groups excluding carboxylic acids is 2. The number of nitrogens with one attached hydrogen (secondary N) is 1. The maximum atomic E-state index is 13.3. The lowest BCUT2D eigenvalue weighted by Gasteiger charge is -2.31. The molecule has 32 heavy (non-hydrogen) atoms. The van der Waals surface area contributed by atoms with Crippen LogP contribution in [0.1, 0.15) is 39.2 Å². The average Bonchev–Trinajstić information content (AvgIpc) is 2.78. The van der Waals surface area contributed by atoms with Gasteiger partial charge in [0.15, 0.2) is 18.1 Å². The summed E-state index contributed by atoms with van der Waals surface area (Å²) >= 11 is 12.4. The highest BCUT2D eigenvalue weighted by Gasteiger charge is 2.30. The molecule has 8 heteroatoms.